The Morgan fingerprint density at radius 3 is 1.00 bits per heavy atom. The molecule has 2 radical (unpaired) electrons. The maximum Gasteiger partial charge on any atom is 3.00 e. The molecule has 0 spiro atoms. The molecular weight excluding hydrogens is 252 g/mol. The summed E-state index contributed by atoms with van der Waals surface area (Å²) in [7, 11) is 0. The predicted octanol–water partition coefficient (Wildman–Crippen LogP) is -0.502. The van der Waals surface area contributed by atoms with Crippen LogP contribution < -0.4 is 0 Å². The average Bonchev–Trinajstić information content (AvgIpc) is 0. The Kier molecular flexibility index (Phi) is 136. The van der Waals surface area contributed by atoms with Crippen LogP contribution in [0.5, 0.6) is 0 Å². The fraction of sp³-hybridized carbons (Fsp3) is 0. The van der Waals surface area contributed by atoms with Crippen molar-refractivity contribution in [2.45, 2.75) is 0 Å². The third-order valence-electron chi connectivity index (χ3n) is 0. The van der Waals surface area contributed by atoms with E-state index >= 15 is 0 Å². The second-order valence-electron chi connectivity index (χ2n) is 0. The quantitative estimate of drug-likeness (QED) is 0.520. The van der Waals surface area contributed by atoms with Crippen molar-refractivity contribution >= 4 is 23.1 Å². The van der Waals surface area contributed by atoms with E-state index in [0.29, 0.717) is 0 Å². The molecule has 0 amide bonds. The standard InChI is InChI=1S/Gd.Mg.Mn.O/q+3;2*+2;-2. The van der Waals surface area contributed by atoms with Crippen LogP contribution >= 0.6 is 0 Å². The summed E-state index contributed by atoms with van der Waals surface area (Å²) in [6.07, 6.45) is 0. The predicted molar refractivity (Wildman–Crippen MR) is 6.44 cm³/mol. The molecule has 0 aromatic carbocycles. The maximum atomic E-state index is 0. The second-order valence-corrected chi connectivity index (χ2v) is 0. The van der Waals surface area contributed by atoms with Crippen molar-refractivity contribution in [1.29, 1.82) is 0 Å². The molecule has 0 rings (SSSR count). The van der Waals surface area contributed by atoms with Gasteiger partial charge >= 0.3 is 80.1 Å². The molecule has 0 aliphatic carbocycles. The molecule has 4 heteroatoms. The van der Waals surface area contributed by atoms with Gasteiger partial charge in [0.25, 0.3) is 0 Å². The van der Waals surface area contributed by atoms with Crippen LogP contribution in [0.3, 0.4) is 0 Å². The van der Waals surface area contributed by atoms with Crippen LogP contribution in [-0.2, 0) is 22.5 Å². The van der Waals surface area contributed by atoms with Crippen LogP contribution in [0.1, 0.15) is 0 Å². The first-order valence-electron chi connectivity index (χ1n) is 0. The Morgan fingerprint density at radius 1 is 1.00 bits per heavy atom. The third-order valence-corrected chi connectivity index (χ3v) is 0. The molecule has 1 nitrogen and oxygen atoms in total. The van der Waals surface area contributed by atoms with Gasteiger partial charge in [-0.25, -0.2) is 0 Å². The van der Waals surface area contributed by atoms with Crippen molar-refractivity contribution in [1.82, 2.24) is 0 Å². The first-order chi connectivity index (χ1) is 0. The summed E-state index contributed by atoms with van der Waals surface area (Å²) in [5.74, 6) is 0. The van der Waals surface area contributed by atoms with Gasteiger partial charge in [-0.05, 0) is 0 Å². The van der Waals surface area contributed by atoms with Crippen LogP contribution in [0.25, 0.3) is 0 Å². The van der Waals surface area contributed by atoms with Gasteiger partial charge in [0.2, 0.25) is 0 Å². The summed E-state index contributed by atoms with van der Waals surface area (Å²) < 4.78 is 0. The van der Waals surface area contributed by atoms with Gasteiger partial charge in [-0.3, -0.25) is 0 Å². The van der Waals surface area contributed by atoms with Crippen molar-refractivity contribution in [2.24, 2.45) is 0 Å². The Morgan fingerprint density at radius 2 is 1.00 bits per heavy atom. The van der Waals surface area contributed by atoms with Gasteiger partial charge in [-0.1, -0.05) is 0 Å². The van der Waals surface area contributed by atoms with E-state index in [4.69, 9.17) is 0 Å². The molecule has 4 heavy (non-hydrogen) atoms. The zero-order valence-electron chi connectivity index (χ0n) is 1.85. The Bertz CT molecular complexity index is 8.00. The van der Waals surface area contributed by atoms with Crippen LogP contribution in [0, 0.1) is 39.9 Å². The van der Waals surface area contributed by atoms with E-state index < -0.39 is 0 Å². The van der Waals surface area contributed by atoms with Crippen molar-refractivity contribution < 1.29 is 62.5 Å². The van der Waals surface area contributed by atoms with Gasteiger partial charge in [0.1, 0.15) is 0 Å². The molecular formula is GdMgMnO+5. The Balaban J connectivity index is 0. The summed E-state index contributed by atoms with van der Waals surface area (Å²) >= 11 is 0. The summed E-state index contributed by atoms with van der Waals surface area (Å²) in [6.45, 7) is 0. The van der Waals surface area contributed by atoms with Crippen LogP contribution in [-0.4, -0.2) is 23.1 Å². The minimum Gasteiger partial charge on any atom is -2.00 e. The minimum absolute atomic E-state index is 0. The van der Waals surface area contributed by atoms with Gasteiger partial charge in [0, 0.05) is 0 Å². The molecule has 0 heterocycles. The normalized spacial score (nSPS) is 0. The van der Waals surface area contributed by atoms with E-state index in [1.807, 2.05) is 0 Å². The molecule has 0 saturated heterocycles. The third kappa shape index (κ3) is 8.82. The molecule has 0 aromatic heterocycles. The smallest absolute Gasteiger partial charge is 2.00 e. The fourth-order valence-corrected chi connectivity index (χ4v) is 0. The topological polar surface area (TPSA) is 28.5 Å². The molecule has 0 fully saturated rings. The van der Waals surface area contributed by atoms with Crippen molar-refractivity contribution in [3.8, 4) is 0 Å². The summed E-state index contributed by atoms with van der Waals surface area (Å²) in [5.41, 5.74) is 0. The number of hydrogen-bond donors (Lipinski definition) is 0. The van der Waals surface area contributed by atoms with E-state index in [9.17, 15) is 0 Å². The molecule has 0 bridgehead atoms. The van der Waals surface area contributed by atoms with Gasteiger partial charge in [0.15, 0.2) is 0 Å². The summed E-state index contributed by atoms with van der Waals surface area (Å²) in [6, 6.07) is 0. The minimum atomic E-state index is 0. The zero-order chi connectivity index (χ0) is 0. The molecule has 0 unspecified atom stereocenters. The van der Waals surface area contributed by atoms with E-state index in [1.54, 1.807) is 0 Å². The number of hydrogen-bond acceptors (Lipinski definition) is 0. The molecule has 18 valence electrons. The largest absolute Gasteiger partial charge is 3.00 e. The van der Waals surface area contributed by atoms with E-state index in [-0.39, 0.29) is 85.5 Å². The second kappa shape index (κ2) is 17.6. The van der Waals surface area contributed by atoms with Crippen molar-refractivity contribution in [2.75, 3.05) is 0 Å². The van der Waals surface area contributed by atoms with Crippen LogP contribution in [0.15, 0.2) is 0 Å². The Hall–Kier alpha value is 2.57. The van der Waals surface area contributed by atoms with Crippen molar-refractivity contribution in [3.63, 3.8) is 0 Å². The van der Waals surface area contributed by atoms with Gasteiger partial charge in [-0.2, -0.15) is 0 Å². The molecule has 0 aromatic rings. The van der Waals surface area contributed by atoms with Crippen LogP contribution in [0.2, 0.25) is 0 Å². The Labute approximate surface area is 83.9 Å². The molecule has 0 aliphatic heterocycles. The maximum absolute atomic E-state index is 0. The van der Waals surface area contributed by atoms with Gasteiger partial charge in [-0.15, -0.1) is 0 Å². The SMILES string of the molecule is [Gd+3].[Mg+2].[Mn+2].[O-2]. The fourth-order valence-electron chi connectivity index (χ4n) is 0. The average molecular weight is 252 g/mol. The molecule has 0 N–H and O–H groups in total. The summed E-state index contributed by atoms with van der Waals surface area (Å²) in [5, 5.41) is 0. The first kappa shape index (κ1) is 30.9. The van der Waals surface area contributed by atoms with Gasteiger partial charge in [0.05, 0.1) is 0 Å². The zero-order valence-corrected chi connectivity index (χ0v) is 6.71. The first-order valence-corrected chi connectivity index (χ1v) is 0. The van der Waals surface area contributed by atoms with E-state index in [0.717, 1.165) is 0 Å². The van der Waals surface area contributed by atoms with Crippen molar-refractivity contribution in [3.05, 3.63) is 0 Å². The van der Waals surface area contributed by atoms with Crippen LogP contribution in [0.4, 0.5) is 0 Å². The van der Waals surface area contributed by atoms with E-state index in [1.165, 1.54) is 0 Å². The van der Waals surface area contributed by atoms with Gasteiger partial charge < -0.3 is 5.48 Å². The molecule has 0 saturated carbocycles. The monoisotopic (exact) mass is 253 g/mol. The van der Waals surface area contributed by atoms with E-state index in [2.05, 4.69) is 0 Å². The number of rotatable bonds is 0. The molecule has 0 aliphatic rings. The molecule has 0 atom stereocenters. The summed E-state index contributed by atoms with van der Waals surface area (Å²) in [4.78, 5) is 0.